The van der Waals surface area contributed by atoms with E-state index >= 15 is 0 Å². The Morgan fingerprint density at radius 2 is 0.475 bits per heavy atom. The quantitative estimate of drug-likeness (QED) is 0.0879. The van der Waals surface area contributed by atoms with E-state index in [1.54, 1.807) is 0 Å². The Balaban J connectivity index is 5.96. The Morgan fingerprint density at radius 3 is 0.750 bits per heavy atom. The monoisotopic (exact) mass is 626 g/mol. The summed E-state index contributed by atoms with van der Waals surface area (Å²) in [5.41, 5.74) is 0. The molecule has 0 N–H and O–H groups in total. The first kappa shape index (κ1) is 38.9. The Bertz CT molecular complexity index is 745. The second kappa shape index (κ2) is 13.9. The average Bonchev–Trinajstić information content (AvgIpc) is 2.82. The van der Waals surface area contributed by atoms with Crippen LogP contribution in [0.15, 0.2) is 0 Å². The molecule has 0 rings (SSSR count). The predicted octanol–water partition coefficient (Wildman–Crippen LogP) is 11.6. The van der Waals surface area contributed by atoms with E-state index < -0.39 is 73.1 Å². The summed E-state index contributed by atoms with van der Waals surface area (Å²) >= 11 is 0. The molecule has 0 aromatic rings. The third kappa shape index (κ3) is 7.44. The van der Waals surface area contributed by atoms with Crippen molar-refractivity contribution in [3.05, 3.63) is 0 Å². The second-order valence-electron chi connectivity index (χ2n) is 9.89. The van der Waals surface area contributed by atoms with Gasteiger partial charge in [0.15, 0.2) is 0 Å². The minimum atomic E-state index is -8.34. The van der Waals surface area contributed by atoms with Crippen LogP contribution in [0.5, 0.6) is 0 Å². The van der Waals surface area contributed by atoms with E-state index in [1.165, 1.54) is 6.92 Å². The molecule has 0 atom stereocenters. The molecule has 0 radical (unpaired) electrons. The van der Waals surface area contributed by atoms with Crippen LogP contribution in [0, 0.1) is 0 Å². The van der Waals surface area contributed by atoms with Crippen LogP contribution in [0.1, 0.15) is 104 Å². The van der Waals surface area contributed by atoms with Crippen LogP contribution >= 0.6 is 0 Å². The molecule has 0 spiro atoms. The molecule has 242 valence electrons. The molecule has 0 aliphatic rings. The van der Waals surface area contributed by atoms with Gasteiger partial charge < -0.3 is 0 Å². The number of halogens is 16. The molecule has 0 fully saturated rings. The molecule has 0 aromatic heterocycles. The van der Waals surface area contributed by atoms with Gasteiger partial charge in [0, 0.05) is 12.8 Å². The first-order valence-electron chi connectivity index (χ1n) is 12.9. The Labute approximate surface area is 222 Å². The molecule has 0 aliphatic carbocycles. The first-order chi connectivity index (χ1) is 17.9. The van der Waals surface area contributed by atoms with Crippen molar-refractivity contribution in [1.82, 2.24) is 0 Å². The zero-order valence-electron chi connectivity index (χ0n) is 21.9. The highest BCUT2D eigenvalue weighted by Crippen LogP contribution is 2.64. The third-order valence-electron chi connectivity index (χ3n) is 6.58. The smallest absolute Gasteiger partial charge is 0.200 e. The summed E-state index contributed by atoms with van der Waals surface area (Å²) in [6, 6.07) is 0. The molecule has 0 aliphatic heterocycles. The molecule has 0 unspecified atom stereocenters. The minimum Gasteiger partial charge on any atom is -0.200 e. The Kier molecular flexibility index (Phi) is 13.5. The zero-order valence-corrected chi connectivity index (χ0v) is 21.9. The lowest BCUT2D eigenvalue weighted by Crippen LogP contribution is -2.74. The summed E-state index contributed by atoms with van der Waals surface area (Å²) in [4.78, 5) is 0. The van der Waals surface area contributed by atoms with Crippen LogP contribution in [0.3, 0.4) is 0 Å². The summed E-state index contributed by atoms with van der Waals surface area (Å²) in [5.74, 6) is -60.2. The third-order valence-corrected chi connectivity index (χ3v) is 6.58. The Morgan fingerprint density at radius 1 is 0.275 bits per heavy atom. The van der Waals surface area contributed by atoms with Crippen LogP contribution in [0.25, 0.3) is 0 Å². The first-order valence-corrected chi connectivity index (χ1v) is 12.9. The van der Waals surface area contributed by atoms with Crippen molar-refractivity contribution in [2.75, 3.05) is 0 Å². The highest BCUT2D eigenvalue weighted by atomic mass is 19.4. The number of alkyl halides is 16. The second-order valence-corrected chi connectivity index (χ2v) is 9.89. The lowest BCUT2D eigenvalue weighted by atomic mass is 9.86. The zero-order chi connectivity index (χ0) is 31.9. The number of hydrogen-bond acceptors (Lipinski definition) is 0. The molecule has 0 saturated heterocycles. The van der Waals surface area contributed by atoms with Gasteiger partial charge in [-0.15, -0.1) is 0 Å². The van der Waals surface area contributed by atoms with E-state index in [0.717, 1.165) is 19.3 Å². The van der Waals surface area contributed by atoms with Crippen LogP contribution < -0.4 is 0 Å². The summed E-state index contributed by atoms with van der Waals surface area (Å²) in [6.45, 7) is 3.38. The van der Waals surface area contributed by atoms with Crippen molar-refractivity contribution in [3.8, 4) is 0 Å². The van der Waals surface area contributed by atoms with E-state index in [0.29, 0.717) is 19.3 Å². The van der Waals surface area contributed by atoms with Gasteiger partial charge in [0.1, 0.15) is 0 Å². The van der Waals surface area contributed by atoms with E-state index in [-0.39, 0.29) is 25.7 Å². The topological polar surface area (TPSA) is 0 Å². The van der Waals surface area contributed by atoms with Gasteiger partial charge in [-0.1, -0.05) is 78.1 Å². The lowest BCUT2D eigenvalue weighted by Gasteiger charge is -2.43. The maximum absolute atomic E-state index is 14.0. The van der Waals surface area contributed by atoms with Gasteiger partial charge in [0.2, 0.25) is 0 Å². The van der Waals surface area contributed by atoms with Crippen LogP contribution in [0.4, 0.5) is 70.2 Å². The van der Waals surface area contributed by atoms with Gasteiger partial charge in [-0.3, -0.25) is 0 Å². The molecule has 0 aromatic carbocycles. The van der Waals surface area contributed by atoms with Crippen LogP contribution in [0.2, 0.25) is 0 Å². The van der Waals surface area contributed by atoms with Crippen molar-refractivity contribution in [1.29, 1.82) is 0 Å². The minimum absolute atomic E-state index is 0.0841. The van der Waals surface area contributed by atoms with E-state index in [9.17, 15) is 70.2 Å². The Hall–Kier alpha value is -1.12. The molecule has 40 heavy (non-hydrogen) atoms. The number of hydrogen-bond donors (Lipinski definition) is 0. The fourth-order valence-corrected chi connectivity index (χ4v) is 3.82. The molecule has 16 heteroatoms. The molecular formula is C24H34F16. The van der Waals surface area contributed by atoms with Crippen molar-refractivity contribution < 1.29 is 70.2 Å². The van der Waals surface area contributed by atoms with Crippen molar-refractivity contribution in [2.45, 2.75) is 151 Å². The molecular weight excluding hydrogens is 592 g/mol. The molecule has 0 heterocycles. The molecule has 0 saturated carbocycles. The van der Waals surface area contributed by atoms with Gasteiger partial charge in [-0.2, -0.15) is 70.2 Å². The van der Waals surface area contributed by atoms with E-state index in [4.69, 9.17) is 0 Å². The van der Waals surface area contributed by atoms with Gasteiger partial charge in [-0.25, -0.2) is 0 Å². The normalized spacial score (nSPS) is 15.2. The largest absolute Gasteiger partial charge is 0.384 e. The molecule has 0 amide bonds. The highest BCUT2D eigenvalue weighted by Gasteiger charge is 2.94. The van der Waals surface area contributed by atoms with Crippen molar-refractivity contribution in [2.24, 2.45) is 0 Å². The number of unbranched alkanes of at least 4 members (excludes halogenated alkanes) is 10. The summed E-state index contributed by atoms with van der Waals surface area (Å²) in [5, 5.41) is 0. The van der Waals surface area contributed by atoms with Gasteiger partial charge in [-0.05, 0) is 12.8 Å². The van der Waals surface area contributed by atoms with Crippen LogP contribution in [-0.4, -0.2) is 47.4 Å². The highest BCUT2D eigenvalue weighted by molar-refractivity contribution is 5.15. The SMILES string of the molecule is CCCCCCCCCCC(F)(F)C(F)(F)C(F)(F)C(F)(F)C(F)(F)C(F)(F)C(F)(F)C(F)(F)CCCCCC. The molecule has 0 nitrogen and oxygen atoms in total. The van der Waals surface area contributed by atoms with E-state index in [2.05, 4.69) is 0 Å². The van der Waals surface area contributed by atoms with Gasteiger partial charge in [0.05, 0.1) is 0 Å². The summed E-state index contributed by atoms with van der Waals surface area (Å²) < 4.78 is 223. The van der Waals surface area contributed by atoms with Gasteiger partial charge >= 0.3 is 47.4 Å². The van der Waals surface area contributed by atoms with Gasteiger partial charge in [0.25, 0.3) is 0 Å². The average molecular weight is 627 g/mol. The predicted molar refractivity (Wildman–Crippen MR) is 116 cm³/mol. The van der Waals surface area contributed by atoms with Crippen LogP contribution in [-0.2, 0) is 0 Å². The van der Waals surface area contributed by atoms with Crippen molar-refractivity contribution in [3.63, 3.8) is 0 Å². The summed E-state index contributed by atoms with van der Waals surface area (Å²) in [7, 11) is 0. The fourth-order valence-electron chi connectivity index (χ4n) is 3.82. The van der Waals surface area contributed by atoms with E-state index in [1.807, 2.05) is 6.92 Å². The standard InChI is InChI=1S/C24H34F16/c1-3-5-7-9-10-11-12-14-16-18(27,28)20(31,32)22(35,36)24(39,40)23(37,38)21(33,34)19(29,30)17(25,26)15-13-8-6-4-2/h3-16H2,1-2H3. The lowest BCUT2D eigenvalue weighted by molar-refractivity contribution is -0.453. The summed E-state index contributed by atoms with van der Waals surface area (Å²) in [6.07, 6.45) is -3.20. The maximum Gasteiger partial charge on any atom is 0.384 e. The van der Waals surface area contributed by atoms with Crippen molar-refractivity contribution >= 4 is 0 Å². The fraction of sp³-hybridized carbons (Fsp3) is 1.00. The molecule has 0 bridgehead atoms. The maximum atomic E-state index is 14.0. The number of rotatable bonds is 21.